The van der Waals surface area contributed by atoms with Crippen molar-refractivity contribution < 1.29 is 19.4 Å². The third-order valence-corrected chi connectivity index (χ3v) is 3.22. The number of ether oxygens (including phenoxy) is 2. The van der Waals surface area contributed by atoms with Crippen molar-refractivity contribution >= 4 is 5.97 Å². The molecule has 3 N–H and O–H groups in total. The smallest absolute Gasteiger partial charge is 0.320 e. The van der Waals surface area contributed by atoms with E-state index in [1.165, 1.54) is 0 Å². The SMILES string of the molecule is CCC(CC(N)C(=O)O)c1c(OC)cccc1OC. The highest BCUT2D eigenvalue weighted by Crippen LogP contribution is 2.38. The lowest BCUT2D eigenvalue weighted by Crippen LogP contribution is -2.32. The van der Waals surface area contributed by atoms with Gasteiger partial charge in [0.05, 0.1) is 14.2 Å². The van der Waals surface area contributed by atoms with Crippen molar-refractivity contribution in [1.82, 2.24) is 0 Å². The molecule has 0 aromatic heterocycles. The van der Waals surface area contributed by atoms with E-state index in [0.717, 1.165) is 12.0 Å². The van der Waals surface area contributed by atoms with E-state index in [9.17, 15) is 4.79 Å². The van der Waals surface area contributed by atoms with Gasteiger partial charge in [-0.1, -0.05) is 13.0 Å². The number of aliphatic carboxylic acids is 1. The molecule has 0 fully saturated rings. The molecule has 0 spiro atoms. The van der Waals surface area contributed by atoms with Crippen LogP contribution in [0.1, 0.15) is 31.2 Å². The minimum atomic E-state index is -0.993. The lowest BCUT2D eigenvalue weighted by atomic mass is 9.88. The average molecular weight is 267 g/mol. The van der Waals surface area contributed by atoms with Crippen LogP contribution >= 0.6 is 0 Å². The zero-order chi connectivity index (χ0) is 14.4. The highest BCUT2D eigenvalue weighted by atomic mass is 16.5. The van der Waals surface area contributed by atoms with Gasteiger partial charge in [-0.2, -0.15) is 0 Å². The first kappa shape index (κ1) is 15.3. The van der Waals surface area contributed by atoms with Crippen LogP contribution in [0.5, 0.6) is 11.5 Å². The van der Waals surface area contributed by atoms with Gasteiger partial charge >= 0.3 is 5.97 Å². The maximum Gasteiger partial charge on any atom is 0.320 e. The van der Waals surface area contributed by atoms with Crippen LogP contribution in [0, 0.1) is 0 Å². The molecule has 0 amide bonds. The minimum Gasteiger partial charge on any atom is -0.496 e. The van der Waals surface area contributed by atoms with Crippen molar-refractivity contribution in [3.8, 4) is 11.5 Å². The van der Waals surface area contributed by atoms with Gasteiger partial charge in [0, 0.05) is 5.56 Å². The van der Waals surface area contributed by atoms with E-state index in [2.05, 4.69) is 0 Å². The first-order valence-electron chi connectivity index (χ1n) is 6.24. The number of carbonyl (C=O) groups is 1. The third-order valence-electron chi connectivity index (χ3n) is 3.22. The van der Waals surface area contributed by atoms with Gasteiger partial charge in [0.2, 0.25) is 0 Å². The zero-order valence-corrected chi connectivity index (χ0v) is 11.6. The van der Waals surface area contributed by atoms with Crippen LogP contribution in [-0.2, 0) is 4.79 Å². The summed E-state index contributed by atoms with van der Waals surface area (Å²) in [6.45, 7) is 1.99. The molecule has 106 valence electrons. The van der Waals surface area contributed by atoms with Gasteiger partial charge in [0.25, 0.3) is 0 Å². The van der Waals surface area contributed by atoms with E-state index in [4.69, 9.17) is 20.3 Å². The molecular formula is C14H21NO4. The van der Waals surface area contributed by atoms with E-state index in [1.807, 2.05) is 25.1 Å². The number of carboxylic acid groups (broad SMARTS) is 1. The van der Waals surface area contributed by atoms with Gasteiger partial charge in [-0.3, -0.25) is 4.79 Å². The molecule has 0 aliphatic carbocycles. The van der Waals surface area contributed by atoms with Crippen molar-refractivity contribution in [1.29, 1.82) is 0 Å². The Labute approximate surface area is 113 Å². The van der Waals surface area contributed by atoms with Crippen molar-refractivity contribution in [3.63, 3.8) is 0 Å². The first-order valence-corrected chi connectivity index (χ1v) is 6.24. The summed E-state index contributed by atoms with van der Waals surface area (Å²) in [5.41, 5.74) is 6.51. The second kappa shape index (κ2) is 6.99. The number of methoxy groups -OCH3 is 2. The van der Waals surface area contributed by atoms with Crippen LogP contribution in [0.25, 0.3) is 0 Å². The number of benzene rings is 1. The summed E-state index contributed by atoms with van der Waals surface area (Å²) in [7, 11) is 3.17. The Hall–Kier alpha value is -1.75. The van der Waals surface area contributed by atoms with E-state index in [-0.39, 0.29) is 5.92 Å². The molecule has 0 aliphatic rings. The van der Waals surface area contributed by atoms with Gasteiger partial charge in [-0.25, -0.2) is 0 Å². The normalized spacial score (nSPS) is 13.7. The zero-order valence-electron chi connectivity index (χ0n) is 11.6. The molecule has 0 saturated heterocycles. The summed E-state index contributed by atoms with van der Waals surface area (Å²) in [5.74, 6) is 0.386. The number of hydrogen-bond donors (Lipinski definition) is 2. The second-order valence-electron chi connectivity index (χ2n) is 4.36. The van der Waals surface area contributed by atoms with Gasteiger partial charge in [0.15, 0.2) is 0 Å². The Morgan fingerprint density at radius 1 is 1.32 bits per heavy atom. The Kier molecular flexibility index (Phi) is 5.63. The standard InChI is InChI=1S/C14H21NO4/c1-4-9(8-10(15)14(16)17)13-11(18-2)6-5-7-12(13)19-3/h5-7,9-10H,4,8,15H2,1-3H3,(H,16,17). The summed E-state index contributed by atoms with van der Waals surface area (Å²) in [4.78, 5) is 10.9. The molecule has 0 aliphatic heterocycles. The van der Waals surface area contributed by atoms with Crippen LogP contribution in [0.2, 0.25) is 0 Å². The van der Waals surface area contributed by atoms with Crippen LogP contribution in [0.4, 0.5) is 0 Å². The predicted octanol–water partition coefficient (Wildman–Crippen LogP) is 2.00. The monoisotopic (exact) mass is 267 g/mol. The second-order valence-corrected chi connectivity index (χ2v) is 4.36. The maximum atomic E-state index is 10.9. The third kappa shape index (κ3) is 3.61. The van der Waals surface area contributed by atoms with Crippen LogP contribution in [0.3, 0.4) is 0 Å². The van der Waals surface area contributed by atoms with Crippen LogP contribution < -0.4 is 15.2 Å². The molecule has 19 heavy (non-hydrogen) atoms. The summed E-state index contributed by atoms with van der Waals surface area (Å²) >= 11 is 0. The summed E-state index contributed by atoms with van der Waals surface area (Å²) < 4.78 is 10.7. The van der Waals surface area contributed by atoms with Crippen LogP contribution in [-0.4, -0.2) is 31.3 Å². The van der Waals surface area contributed by atoms with E-state index in [0.29, 0.717) is 17.9 Å². The van der Waals surface area contributed by atoms with Crippen molar-refractivity contribution in [2.24, 2.45) is 5.73 Å². The molecule has 2 atom stereocenters. The van der Waals surface area contributed by atoms with Crippen molar-refractivity contribution in [2.45, 2.75) is 31.7 Å². The lowest BCUT2D eigenvalue weighted by Gasteiger charge is -2.22. The number of hydrogen-bond acceptors (Lipinski definition) is 4. The Morgan fingerprint density at radius 2 is 1.84 bits per heavy atom. The van der Waals surface area contributed by atoms with Gasteiger partial charge in [-0.15, -0.1) is 0 Å². The van der Waals surface area contributed by atoms with Crippen molar-refractivity contribution in [3.05, 3.63) is 23.8 Å². The van der Waals surface area contributed by atoms with Gasteiger partial charge in [0.1, 0.15) is 17.5 Å². The van der Waals surface area contributed by atoms with Gasteiger partial charge in [-0.05, 0) is 30.9 Å². The Morgan fingerprint density at radius 3 is 2.21 bits per heavy atom. The summed E-state index contributed by atoms with van der Waals surface area (Å²) in [5, 5.41) is 8.94. The topological polar surface area (TPSA) is 81.8 Å². The average Bonchev–Trinajstić information content (AvgIpc) is 2.43. The molecule has 5 nitrogen and oxygen atoms in total. The number of carboxylic acids is 1. The molecule has 0 bridgehead atoms. The number of rotatable bonds is 7. The molecule has 1 rings (SSSR count). The molecule has 0 heterocycles. The van der Waals surface area contributed by atoms with E-state index >= 15 is 0 Å². The molecule has 0 radical (unpaired) electrons. The molecule has 5 heteroatoms. The maximum absolute atomic E-state index is 10.9. The Bertz CT molecular complexity index is 411. The fourth-order valence-electron chi connectivity index (χ4n) is 2.18. The number of nitrogens with two attached hydrogens (primary N) is 1. The fourth-order valence-corrected chi connectivity index (χ4v) is 2.18. The quantitative estimate of drug-likeness (QED) is 0.789. The van der Waals surface area contributed by atoms with Crippen LogP contribution in [0.15, 0.2) is 18.2 Å². The highest BCUT2D eigenvalue weighted by Gasteiger charge is 2.24. The molecular weight excluding hydrogens is 246 g/mol. The molecule has 2 unspecified atom stereocenters. The van der Waals surface area contributed by atoms with Gasteiger partial charge < -0.3 is 20.3 Å². The van der Waals surface area contributed by atoms with E-state index < -0.39 is 12.0 Å². The molecule has 1 aromatic carbocycles. The largest absolute Gasteiger partial charge is 0.496 e. The van der Waals surface area contributed by atoms with Crippen molar-refractivity contribution in [2.75, 3.05) is 14.2 Å². The first-order chi connectivity index (χ1) is 9.04. The fraction of sp³-hybridized carbons (Fsp3) is 0.500. The highest BCUT2D eigenvalue weighted by molar-refractivity contribution is 5.73. The molecule has 0 saturated carbocycles. The van der Waals surface area contributed by atoms with E-state index in [1.54, 1.807) is 14.2 Å². The Balaban J connectivity index is 3.12. The molecule has 1 aromatic rings. The summed E-state index contributed by atoms with van der Waals surface area (Å²) in [6, 6.07) is 4.63. The predicted molar refractivity (Wildman–Crippen MR) is 72.8 cm³/mol. The minimum absolute atomic E-state index is 0.0165. The lowest BCUT2D eigenvalue weighted by molar-refractivity contribution is -0.138. The summed E-state index contributed by atoms with van der Waals surface area (Å²) in [6.07, 6.45) is 1.11.